The minimum atomic E-state index is -3.69. The van der Waals surface area contributed by atoms with Gasteiger partial charge in [0.15, 0.2) is 9.84 Å². The van der Waals surface area contributed by atoms with E-state index < -0.39 is 15.1 Å². The zero-order chi connectivity index (χ0) is 19.4. The average Bonchev–Trinajstić information content (AvgIpc) is 2.66. The number of fused-ring (bicyclic) bond motifs is 1. The molecule has 1 atom stereocenters. The normalized spacial score (nSPS) is 14.8. The summed E-state index contributed by atoms with van der Waals surface area (Å²) in [5.41, 5.74) is 1.45. The Morgan fingerprint density at radius 3 is 2.70 bits per heavy atom. The molecular weight excluding hydrogens is 384 g/mol. The van der Waals surface area contributed by atoms with Crippen LogP contribution >= 0.6 is 11.8 Å². The second kappa shape index (κ2) is 8.14. The summed E-state index contributed by atoms with van der Waals surface area (Å²) in [6, 6.07) is 14.1. The van der Waals surface area contributed by atoms with E-state index in [0.717, 1.165) is 10.5 Å². The number of anilines is 1. The van der Waals surface area contributed by atoms with Gasteiger partial charge in [-0.1, -0.05) is 30.3 Å². The molecule has 2 aromatic rings. The topological polar surface area (TPSA) is 92.3 Å². The van der Waals surface area contributed by atoms with Gasteiger partial charge in [-0.2, -0.15) is 0 Å². The van der Waals surface area contributed by atoms with Gasteiger partial charge in [-0.3, -0.25) is 9.59 Å². The number of benzene rings is 2. The van der Waals surface area contributed by atoms with Crippen molar-refractivity contribution in [1.82, 2.24) is 5.32 Å². The lowest BCUT2D eigenvalue weighted by Gasteiger charge is -2.18. The molecule has 0 saturated carbocycles. The predicted molar refractivity (Wildman–Crippen MR) is 105 cm³/mol. The van der Waals surface area contributed by atoms with Gasteiger partial charge in [0.05, 0.1) is 21.6 Å². The molecule has 2 aromatic carbocycles. The first-order chi connectivity index (χ1) is 12.9. The molecule has 0 unspecified atom stereocenters. The number of carbonyl (C=O) groups excluding carboxylic acids is 2. The molecular formula is C19H20N2O4S2. The molecule has 1 aliphatic rings. The molecule has 0 radical (unpaired) electrons. The summed E-state index contributed by atoms with van der Waals surface area (Å²) in [5, 5.41) is 4.56. The van der Waals surface area contributed by atoms with Crippen molar-refractivity contribution >= 4 is 39.1 Å². The summed E-state index contributed by atoms with van der Waals surface area (Å²) in [5.74, 6) is -0.163. The van der Waals surface area contributed by atoms with E-state index in [1.54, 1.807) is 6.07 Å². The minimum Gasteiger partial charge on any atom is -0.352 e. The highest BCUT2D eigenvalue weighted by Crippen LogP contribution is 2.34. The molecule has 0 spiro atoms. The fourth-order valence-electron chi connectivity index (χ4n) is 2.71. The highest BCUT2D eigenvalue weighted by molar-refractivity contribution is 8.00. The van der Waals surface area contributed by atoms with Crippen LogP contribution in [0.2, 0.25) is 0 Å². The average molecular weight is 405 g/mol. The Morgan fingerprint density at radius 1 is 1.22 bits per heavy atom. The van der Waals surface area contributed by atoms with Crippen molar-refractivity contribution in [2.24, 2.45) is 0 Å². The number of hydrogen-bond donors (Lipinski definition) is 2. The SMILES string of the molecule is C[C@@H](CC(=O)NCc1ccccc1)S(=O)(=O)c1ccc2c(c1)NC(=O)CS2. The van der Waals surface area contributed by atoms with Gasteiger partial charge in [0, 0.05) is 17.9 Å². The van der Waals surface area contributed by atoms with Gasteiger partial charge in [-0.25, -0.2) is 8.42 Å². The molecule has 0 bridgehead atoms. The zero-order valence-corrected chi connectivity index (χ0v) is 16.4. The Balaban J connectivity index is 1.66. The van der Waals surface area contributed by atoms with E-state index in [-0.39, 0.29) is 23.1 Å². The molecule has 6 nitrogen and oxygen atoms in total. The number of sulfone groups is 1. The Bertz CT molecular complexity index is 959. The van der Waals surface area contributed by atoms with Crippen molar-refractivity contribution in [2.75, 3.05) is 11.1 Å². The smallest absolute Gasteiger partial charge is 0.234 e. The van der Waals surface area contributed by atoms with E-state index in [2.05, 4.69) is 10.6 Å². The van der Waals surface area contributed by atoms with E-state index in [1.807, 2.05) is 30.3 Å². The van der Waals surface area contributed by atoms with E-state index in [1.165, 1.54) is 30.8 Å². The maximum absolute atomic E-state index is 12.8. The van der Waals surface area contributed by atoms with Gasteiger partial charge in [0.25, 0.3) is 0 Å². The summed E-state index contributed by atoms with van der Waals surface area (Å²) in [6.07, 6.45) is -0.132. The van der Waals surface area contributed by atoms with Crippen molar-refractivity contribution in [3.8, 4) is 0 Å². The van der Waals surface area contributed by atoms with E-state index in [4.69, 9.17) is 0 Å². The quantitative estimate of drug-likeness (QED) is 0.772. The fraction of sp³-hybridized carbons (Fsp3) is 0.263. The number of hydrogen-bond acceptors (Lipinski definition) is 5. The van der Waals surface area contributed by atoms with E-state index in [9.17, 15) is 18.0 Å². The summed E-state index contributed by atoms with van der Waals surface area (Å²) in [7, 11) is -3.69. The predicted octanol–water partition coefficient (Wildman–Crippen LogP) is 2.60. The third-order valence-electron chi connectivity index (χ3n) is 4.25. The van der Waals surface area contributed by atoms with Crippen LogP contribution in [0.15, 0.2) is 58.3 Å². The van der Waals surface area contributed by atoms with Crippen LogP contribution in [0.4, 0.5) is 5.69 Å². The van der Waals surface area contributed by atoms with E-state index in [0.29, 0.717) is 18.0 Å². The molecule has 0 aromatic heterocycles. The van der Waals surface area contributed by atoms with Gasteiger partial charge < -0.3 is 10.6 Å². The molecule has 2 N–H and O–H groups in total. The van der Waals surface area contributed by atoms with Crippen LogP contribution < -0.4 is 10.6 Å². The minimum absolute atomic E-state index is 0.104. The third kappa shape index (κ3) is 4.70. The molecule has 1 heterocycles. The largest absolute Gasteiger partial charge is 0.352 e. The molecule has 1 aliphatic heterocycles. The molecule has 0 fully saturated rings. The van der Waals surface area contributed by atoms with Gasteiger partial charge in [-0.15, -0.1) is 11.8 Å². The number of rotatable bonds is 6. The molecule has 27 heavy (non-hydrogen) atoms. The zero-order valence-electron chi connectivity index (χ0n) is 14.8. The maximum atomic E-state index is 12.8. The van der Waals surface area contributed by atoms with Crippen LogP contribution in [-0.4, -0.2) is 31.2 Å². The molecule has 3 rings (SSSR count). The molecule has 0 saturated heterocycles. The highest BCUT2D eigenvalue weighted by atomic mass is 32.2. The molecule has 8 heteroatoms. The lowest BCUT2D eigenvalue weighted by molar-refractivity contribution is -0.121. The van der Waals surface area contributed by atoms with Crippen molar-refractivity contribution in [2.45, 2.75) is 34.9 Å². The first-order valence-electron chi connectivity index (χ1n) is 8.47. The monoisotopic (exact) mass is 404 g/mol. The molecule has 2 amide bonds. The highest BCUT2D eigenvalue weighted by Gasteiger charge is 2.27. The van der Waals surface area contributed by atoms with E-state index >= 15 is 0 Å². The van der Waals surface area contributed by atoms with Crippen molar-refractivity contribution in [3.05, 3.63) is 54.1 Å². The summed E-state index contributed by atoms with van der Waals surface area (Å²) in [4.78, 5) is 24.6. The second-order valence-corrected chi connectivity index (χ2v) is 9.70. The van der Waals surface area contributed by atoms with Crippen molar-refractivity contribution in [1.29, 1.82) is 0 Å². The number of thioether (sulfide) groups is 1. The van der Waals surface area contributed by atoms with Crippen LogP contribution in [0, 0.1) is 0 Å². The summed E-state index contributed by atoms with van der Waals surface area (Å²) >= 11 is 1.37. The van der Waals surface area contributed by atoms with Crippen LogP contribution in [-0.2, 0) is 26.0 Å². The Hall–Kier alpha value is -2.32. The van der Waals surface area contributed by atoms with Crippen LogP contribution in [0.25, 0.3) is 0 Å². The first-order valence-corrected chi connectivity index (χ1v) is 11.0. The summed E-state index contributed by atoms with van der Waals surface area (Å²) in [6.45, 7) is 1.87. The van der Waals surface area contributed by atoms with Crippen LogP contribution in [0.5, 0.6) is 0 Å². The fourth-order valence-corrected chi connectivity index (χ4v) is 4.87. The maximum Gasteiger partial charge on any atom is 0.234 e. The van der Waals surface area contributed by atoms with Crippen LogP contribution in [0.3, 0.4) is 0 Å². The first kappa shape index (κ1) is 19.4. The Kier molecular flexibility index (Phi) is 5.86. The van der Waals surface area contributed by atoms with Crippen molar-refractivity contribution in [3.63, 3.8) is 0 Å². The number of nitrogens with one attached hydrogen (secondary N) is 2. The molecule has 0 aliphatic carbocycles. The lowest BCUT2D eigenvalue weighted by Crippen LogP contribution is -2.30. The number of amides is 2. The third-order valence-corrected chi connectivity index (χ3v) is 7.46. The standard InChI is InChI=1S/C19H20N2O4S2/c1-13(9-18(22)20-11-14-5-3-2-4-6-14)27(24,25)15-7-8-17-16(10-15)21-19(23)12-26-17/h2-8,10,13H,9,11-12H2,1H3,(H,20,22)(H,21,23)/t13-/m0/s1. The van der Waals surface area contributed by atoms with Gasteiger partial charge >= 0.3 is 0 Å². The lowest BCUT2D eigenvalue weighted by atomic mass is 10.2. The number of carbonyl (C=O) groups is 2. The van der Waals surface area contributed by atoms with Gasteiger partial charge in [0.2, 0.25) is 11.8 Å². The van der Waals surface area contributed by atoms with Gasteiger partial charge in [-0.05, 0) is 30.7 Å². The summed E-state index contributed by atoms with van der Waals surface area (Å²) < 4.78 is 25.6. The van der Waals surface area contributed by atoms with Crippen molar-refractivity contribution < 1.29 is 18.0 Å². The molecule has 142 valence electrons. The van der Waals surface area contributed by atoms with Crippen LogP contribution in [0.1, 0.15) is 18.9 Å². The Labute approximate surface area is 162 Å². The van der Waals surface area contributed by atoms with Gasteiger partial charge in [0.1, 0.15) is 0 Å². The second-order valence-electron chi connectivity index (χ2n) is 6.32. The Morgan fingerprint density at radius 2 is 1.96 bits per heavy atom.